The molecule has 150 valence electrons. The maximum absolute atomic E-state index is 13.7. The van der Waals surface area contributed by atoms with Crippen molar-refractivity contribution in [2.45, 2.75) is 19.0 Å². The second-order valence-electron chi connectivity index (χ2n) is 5.54. The first-order valence-electron chi connectivity index (χ1n) is 7.90. The van der Waals surface area contributed by atoms with Crippen molar-refractivity contribution in [1.82, 2.24) is 5.32 Å². The van der Waals surface area contributed by atoms with Gasteiger partial charge in [-0.3, -0.25) is 5.32 Å². The van der Waals surface area contributed by atoms with E-state index in [0.717, 1.165) is 12.1 Å². The second kappa shape index (κ2) is 7.48. The minimum atomic E-state index is -5.12. The minimum absolute atomic E-state index is 0.0305. The van der Waals surface area contributed by atoms with Gasteiger partial charge in [0.2, 0.25) is 0 Å². The Bertz CT molecular complexity index is 877. The summed E-state index contributed by atoms with van der Waals surface area (Å²) >= 11 is 11.6. The van der Waals surface area contributed by atoms with Crippen LogP contribution in [0.2, 0.25) is 10.0 Å². The third-order valence-corrected chi connectivity index (χ3v) is 4.30. The summed E-state index contributed by atoms with van der Waals surface area (Å²) in [6, 6.07) is 7.16. The van der Waals surface area contributed by atoms with Gasteiger partial charge >= 0.3 is 18.1 Å². The molecule has 0 aliphatic carbocycles. The van der Waals surface area contributed by atoms with Crippen molar-refractivity contribution < 1.29 is 32.2 Å². The molecule has 0 saturated heterocycles. The molecule has 0 aromatic heterocycles. The highest BCUT2D eigenvalue weighted by Gasteiger charge is 2.66. The average Bonchev–Trinajstić information content (AvgIpc) is 2.95. The van der Waals surface area contributed by atoms with E-state index in [0.29, 0.717) is 6.61 Å². The van der Waals surface area contributed by atoms with Crippen LogP contribution in [0.4, 0.5) is 23.7 Å². The number of amides is 2. The Hall–Kier alpha value is -2.52. The van der Waals surface area contributed by atoms with Gasteiger partial charge in [-0.1, -0.05) is 35.3 Å². The number of fused-ring (bicyclic) bond motifs is 1. The quantitative estimate of drug-likeness (QED) is 0.690. The first-order chi connectivity index (χ1) is 13.1. The summed E-state index contributed by atoms with van der Waals surface area (Å²) in [5, 5.41) is 3.90. The van der Waals surface area contributed by atoms with Gasteiger partial charge in [0.25, 0.3) is 0 Å². The number of urea groups is 1. The Labute approximate surface area is 167 Å². The molecule has 0 unspecified atom stereocenters. The van der Waals surface area contributed by atoms with Gasteiger partial charge in [0, 0.05) is 12.1 Å². The molecule has 0 saturated carbocycles. The van der Waals surface area contributed by atoms with Crippen molar-refractivity contribution in [1.29, 1.82) is 0 Å². The smallest absolute Gasteiger partial charge is 0.492 e. The Morgan fingerprint density at radius 2 is 1.71 bits per heavy atom. The fraction of sp³-hybridized carbons (Fsp3) is 0.235. The zero-order valence-electron chi connectivity index (χ0n) is 14.2. The van der Waals surface area contributed by atoms with Crippen LogP contribution in [0.5, 0.6) is 17.2 Å². The third kappa shape index (κ3) is 3.85. The number of para-hydroxylation sites is 2. The van der Waals surface area contributed by atoms with E-state index in [2.05, 4.69) is 5.32 Å². The van der Waals surface area contributed by atoms with Gasteiger partial charge in [0.1, 0.15) is 5.75 Å². The number of benzene rings is 2. The van der Waals surface area contributed by atoms with Crippen LogP contribution in [0.3, 0.4) is 0 Å². The number of nitrogens with one attached hydrogen (secondary N) is 2. The van der Waals surface area contributed by atoms with Crippen LogP contribution in [-0.2, 0) is 0 Å². The molecule has 11 heteroatoms. The molecule has 3 rings (SSSR count). The van der Waals surface area contributed by atoms with Crippen LogP contribution in [0.15, 0.2) is 36.4 Å². The normalized spacial score (nSPS) is 14.5. The van der Waals surface area contributed by atoms with E-state index >= 15 is 0 Å². The van der Waals surface area contributed by atoms with Crippen LogP contribution in [0, 0.1) is 0 Å². The molecule has 0 spiro atoms. The highest BCUT2D eigenvalue weighted by Crippen LogP contribution is 2.48. The zero-order valence-corrected chi connectivity index (χ0v) is 15.7. The van der Waals surface area contributed by atoms with E-state index in [-0.39, 0.29) is 33.0 Å². The number of alkyl halides is 3. The molecule has 2 aromatic carbocycles. The van der Waals surface area contributed by atoms with Gasteiger partial charge in [0.15, 0.2) is 11.5 Å². The lowest BCUT2D eigenvalue weighted by molar-refractivity contribution is -0.317. The number of halogens is 5. The van der Waals surface area contributed by atoms with E-state index in [1.807, 2.05) is 0 Å². The minimum Gasteiger partial charge on any atom is -0.492 e. The van der Waals surface area contributed by atoms with E-state index in [1.165, 1.54) is 6.07 Å². The average molecular weight is 437 g/mol. The Morgan fingerprint density at radius 1 is 1.14 bits per heavy atom. The molecular weight excluding hydrogens is 424 g/mol. The second-order valence-corrected chi connectivity index (χ2v) is 6.35. The third-order valence-electron chi connectivity index (χ3n) is 3.58. The molecule has 1 aliphatic heterocycles. The summed E-state index contributed by atoms with van der Waals surface area (Å²) in [5.41, 5.74) is 0.167. The summed E-state index contributed by atoms with van der Waals surface area (Å²) in [5.74, 6) is -3.80. The molecule has 6 nitrogen and oxygen atoms in total. The standard InChI is InChI=1S/C17H13Cl2F3N2O4/c1-2-26-12-6-4-3-5-11(12)23-15(25)24-17(16(20,21)22)27-13-7-9(18)10(19)8-14(13)28-17/h3-8H,2H2,1H3,(H2,23,24,25). The molecule has 28 heavy (non-hydrogen) atoms. The summed E-state index contributed by atoms with van der Waals surface area (Å²) < 4.78 is 56.2. The maximum Gasteiger partial charge on any atom is 0.492 e. The number of ether oxygens (including phenoxy) is 3. The lowest BCUT2D eigenvalue weighted by Gasteiger charge is -2.29. The number of hydrogen-bond acceptors (Lipinski definition) is 4. The summed E-state index contributed by atoms with van der Waals surface area (Å²) in [7, 11) is 0. The van der Waals surface area contributed by atoms with Gasteiger partial charge < -0.3 is 19.5 Å². The van der Waals surface area contributed by atoms with Crippen molar-refractivity contribution in [3.8, 4) is 17.2 Å². The number of hydrogen-bond donors (Lipinski definition) is 2. The van der Waals surface area contributed by atoms with E-state index < -0.39 is 18.1 Å². The SMILES string of the molecule is CCOc1ccccc1NC(=O)NC1(C(F)(F)F)Oc2cc(Cl)c(Cl)cc2O1. The zero-order chi connectivity index (χ0) is 20.5. The predicted octanol–water partition coefficient (Wildman–Crippen LogP) is 5.20. The molecule has 1 aliphatic rings. The van der Waals surface area contributed by atoms with Gasteiger partial charge in [-0.2, -0.15) is 13.2 Å². The largest absolute Gasteiger partial charge is 0.492 e. The monoisotopic (exact) mass is 436 g/mol. The first kappa shape index (κ1) is 20.2. The van der Waals surface area contributed by atoms with Crippen molar-refractivity contribution in [3.05, 3.63) is 46.4 Å². The fourth-order valence-corrected chi connectivity index (χ4v) is 2.70. The van der Waals surface area contributed by atoms with Crippen LogP contribution in [0.1, 0.15) is 6.92 Å². The van der Waals surface area contributed by atoms with Crippen molar-refractivity contribution in [2.75, 3.05) is 11.9 Å². The number of rotatable bonds is 4. The highest BCUT2D eigenvalue weighted by atomic mass is 35.5. The molecule has 1 heterocycles. The van der Waals surface area contributed by atoms with Crippen LogP contribution in [-0.4, -0.2) is 24.7 Å². The Morgan fingerprint density at radius 3 is 2.25 bits per heavy atom. The molecule has 0 bridgehead atoms. The number of carbonyl (C=O) groups excluding carboxylic acids is 1. The maximum atomic E-state index is 13.7. The number of anilines is 1. The van der Waals surface area contributed by atoms with Gasteiger partial charge in [-0.05, 0) is 19.1 Å². The van der Waals surface area contributed by atoms with Crippen molar-refractivity contribution >= 4 is 34.9 Å². The van der Waals surface area contributed by atoms with Crippen LogP contribution in [0.25, 0.3) is 0 Å². The van der Waals surface area contributed by atoms with Gasteiger partial charge in [0.05, 0.1) is 22.3 Å². The predicted molar refractivity (Wildman–Crippen MR) is 96.3 cm³/mol. The first-order valence-corrected chi connectivity index (χ1v) is 8.65. The number of carbonyl (C=O) groups is 1. The molecule has 2 N–H and O–H groups in total. The van der Waals surface area contributed by atoms with Gasteiger partial charge in [-0.25, -0.2) is 4.79 Å². The molecule has 0 atom stereocenters. The lowest BCUT2D eigenvalue weighted by atomic mass is 10.3. The van der Waals surface area contributed by atoms with Crippen molar-refractivity contribution in [3.63, 3.8) is 0 Å². The highest BCUT2D eigenvalue weighted by molar-refractivity contribution is 6.42. The lowest BCUT2D eigenvalue weighted by Crippen LogP contribution is -2.65. The fourth-order valence-electron chi connectivity index (χ4n) is 2.39. The Kier molecular flexibility index (Phi) is 5.40. The Balaban J connectivity index is 1.84. The summed E-state index contributed by atoms with van der Waals surface area (Å²) in [4.78, 5) is 12.3. The van der Waals surface area contributed by atoms with Crippen molar-refractivity contribution in [2.24, 2.45) is 0 Å². The van der Waals surface area contributed by atoms with E-state index in [1.54, 1.807) is 30.4 Å². The van der Waals surface area contributed by atoms with Gasteiger partial charge in [-0.15, -0.1) is 0 Å². The van der Waals surface area contributed by atoms with E-state index in [9.17, 15) is 18.0 Å². The molecule has 2 aromatic rings. The van der Waals surface area contributed by atoms with Crippen LogP contribution < -0.4 is 24.8 Å². The topological polar surface area (TPSA) is 68.8 Å². The van der Waals surface area contributed by atoms with E-state index in [4.69, 9.17) is 37.4 Å². The molecule has 0 fully saturated rings. The molecule has 0 radical (unpaired) electrons. The summed E-state index contributed by atoms with van der Waals surface area (Å²) in [6.45, 7) is 2.03. The molecule has 2 amide bonds. The summed E-state index contributed by atoms with van der Waals surface area (Å²) in [6.07, 6.45) is -5.12. The van der Waals surface area contributed by atoms with Crippen LogP contribution >= 0.6 is 23.2 Å². The molecular formula is C17H13Cl2F3N2O4.